The summed E-state index contributed by atoms with van der Waals surface area (Å²) in [5.41, 5.74) is 0. The van der Waals surface area contributed by atoms with Gasteiger partial charge in [-0.05, 0) is 26.7 Å². The fourth-order valence-electron chi connectivity index (χ4n) is 1.90. The van der Waals surface area contributed by atoms with E-state index in [4.69, 9.17) is 4.74 Å². The molecule has 0 spiro atoms. The molecule has 0 aliphatic carbocycles. The van der Waals surface area contributed by atoms with Gasteiger partial charge in [-0.2, -0.15) is 0 Å². The Kier molecular flexibility index (Phi) is 5.05. The molecule has 0 bridgehead atoms. The van der Waals surface area contributed by atoms with Crippen molar-refractivity contribution in [2.45, 2.75) is 32.8 Å². The Bertz CT molecular complexity index is 200. The third kappa shape index (κ3) is 3.80. The highest BCUT2D eigenvalue weighted by atomic mass is 16.5. The maximum atomic E-state index is 12.0. The van der Waals surface area contributed by atoms with Gasteiger partial charge in [-0.3, -0.25) is 4.79 Å². The van der Waals surface area contributed by atoms with Crippen LogP contribution in [0.5, 0.6) is 0 Å². The molecule has 0 aromatic carbocycles. The molecule has 88 valence electrons. The van der Waals surface area contributed by atoms with Gasteiger partial charge in [0.25, 0.3) is 0 Å². The number of carbonyl (C=O) groups is 1. The molecule has 0 saturated carbocycles. The van der Waals surface area contributed by atoms with Crippen LogP contribution in [0, 0.1) is 5.92 Å². The van der Waals surface area contributed by atoms with Crippen molar-refractivity contribution in [2.75, 3.05) is 26.3 Å². The molecule has 0 aromatic rings. The smallest absolute Gasteiger partial charge is 0.225 e. The molecular weight excluding hydrogens is 194 g/mol. The van der Waals surface area contributed by atoms with E-state index in [0.29, 0.717) is 26.3 Å². The zero-order chi connectivity index (χ0) is 11.3. The monoisotopic (exact) mass is 215 g/mol. The maximum absolute atomic E-state index is 12.0. The van der Waals surface area contributed by atoms with E-state index in [0.717, 1.165) is 12.8 Å². The maximum Gasteiger partial charge on any atom is 0.225 e. The second kappa shape index (κ2) is 6.08. The van der Waals surface area contributed by atoms with Crippen LogP contribution in [-0.4, -0.2) is 48.3 Å². The van der Waals surface area contributed by atoms with Gasteiger partial charge in [-0.15, -0.1) is 0 Å². The van der Waals surface area contributed by atoms with Crippen LogP contribution >= 0.6 is 0 Å². The normalized spacial score (nSPS) is 19.9. The highest BCUT2D eigenvalue weighted by molar-refractivity contribution is 5.78. The van der Waals surface area contributed by atoms with Crippen LogP contribution in [0.1, 0.15) is 26.7 Å². The minimum absolute atomic E-state index is 0.0949. The summed E-state index contributed by atoms with van der Waals surface area (Å²) in [6, 6.07) is 0. The predicted molar refractivity (Wildman–Crippen MR) is 57.5 cm³/mol. The number of aliphatic hydroxyl groups excluding tert-OH is 1. The summed E-state index contributed by atoms with van der Waals surface area (Å²) in [5, 5.41) is 9.28. The zero-order valence-corrected chi connectivity index (χ0v) is 9.61. The van der Waals surface area contributed by atoms with Crippen LogP contribution in [0.15, 0.2) is 0 Å². The van der Waals surface area contributed by atoms with Gasteiger partial charge in [-0.25, -0.2) is 0 Å². The molecule has 1 unspecified atom stereocenters. The van der Waals surface area contributed by atoms with E-state index < -0.39 is 6.10 Å². The van der Waals surface area contributed by atoms with Crippen molar-refractivity contribution in [3.8, 4) is 0 Å². The largest absolute Gasteiger partial charge is 0.392 e. The second-order valence-corrected chi connectivity index (χ2v) is 4.11. The summed E-state index contributed by atoms with van der Waals surface area (Å²) in [4.78, 5) is 13.8. The Morgan fingerprint density at radius 1 is 1.53 bits per heavy atom. The molecule has 1 N–H and O–H groups in total. The fraction of sp³-hybridized carbons (Fsp3) is 0.909. The van der Waals surface area contributed by atoms with Gasteiger partial charge >= 0.3 is 0 Å². The Morgan fingerprint density at radius 2 is 2.13 bits per heavy atom. The lowest BCUT2D eigenvalue weighted by molar-refractivity contribution is -0.139. The Labute approximate surface area is 91.2 Å². The number of hydrogen-bond acceptors (Lipinski definition) is 3. The highest BCUT2D eigenvalue weighted by Gasteiger charge is 2.25. The summed E-state index contributed by atoms with van der Waals surface area (Å²) < 4.78 is 5.22. The number of carbonyl (C=O) groups excluding carboxylic acids is 1. The lowest BCUT2D eigenvalue weighted by Gasteiger charge is -2.29. The van der Waals surface area contributed by atoms with Crippen LogP contribution in [0.4, 0.5) is 0 Å². The summed E-state index contributed by atoms with van der Waals surface area (Å²) in [5.74, 6) is 0.263. The van der Waals surface area contributed by atoms with Gasteiger partial charge in [0.2, 0.25) is 5.91 Å². The Balaban J connectivity index is 2.47. The minimum atomic E-state index is -0.450. The molecular formula is C11H21NO3. The molecule has 4 nitrogen and oxygen atoms in total. The lowest BCUT2D eigenvalue weighted by atomic mass is 9.98. The topological polar surface area (TPSA) is 49.8 Å². The van der Waals surface area contributed by atoms with E-state index in [1.807, 2.05) is 6.92 Å². The summed E-state index contributed by atoms with van der Waals surface area (Å²) >= 11 is 0. The molecule has 1 amide bonds. The number of aliphatic hydroxyl groups is 1. The van der Waals surface area contributed by atoms with Gasteiger partial charge in [0.05, 0.1) is 6.10 Å². The average molecular weight is 215 g/mol. The summed E-state index contributed by atoms with van der Waals surface area (Å²) in [6.07, 6.45) is 1.18. The van der Waals surface area contributed by atoms with E-state index >= 15 is 0 Å². The lowest BCUT2D eigenvalue weighted by Crippen LogP contribution is -2.41. The SMILES string of the molecule is CCN(CC(C)O)C(=O)C1CCOCC1. The van der Waals surface area contributed by atoms with E-state index in [-0.39, 0.29) is 11.8 Å². The van der Waals surface area contributed by atoms with Crippen molar-refractivity contribution in [1.29, 1.82) is 0 Å². The molecule has 4 heteroatoms. The van der Waals surface area contributed by atoms with Crippen LogP contribution in [0.25, 0.3) is 0 Å². The molecule has 1 atom stereocenters. The number of nitrogens with zero attached hydrogens (tertiary/aromatic N) is 1. The van der Waals surface area contributed by atoms with Crippen LogP contribution in [0.2, 0.25) is 0 Å². The van der Waals surface area contributed by atoms with Gasteiger partial charge in [-0.1, -0.05) is 0 Å². The van der Waals surface area contributed by atoms with Crippen molar-refractivity contribution in [3.05, 3.63) is 0 Å². The third-order valence-corrected chi connectivity index (χ3v) is 2.75. The van der Waals surface area contributed by atoms with E-state index in [2.05, 4.69) is 0 Å². The fourth-order valence-corrected chi connectivity index (χ4v) is 1.90. The standard InChI is InChI=1S/C11H21NO3/c1-3-12(8-9(2)13)11(14)10-4-6-15-7-5-10/h9-10,13H,3-8H2,1-2H3. The van der Waals surface area contributed by atoms with Gasteiger partial charge in [0.15, 0.2) is 0 Å². The van der Waals surface area contributed by atoms with Crippen molar-refractivity contribution in [3.63, 3.8) is 0 Å². The average Bonchev–Trinajstić information content (AvgIpc) is 2.26. The second-order valence-electron chi connectivity index (χ2n) is 4.11. The number of ether oxygens (including phenoxy) is 1. The predicted octanol–water partition coefficient (Wildman–Crippen LogP) is 0.642. The first kappa shape index (κ1) is 12.5. The Hall–Kier alpha value is -0.610. The molecule has 1 rings (SSSR count). The first-order chi connectivity index (χ1) is 7.15. The summed E-state index contributed by atoms with van der Waals surface area (Å²) in [6.45, 7) is 6.12. The van der Waals surface area contributed by atoms with Crippen LogP contribution in [-0.2, 0) is 9.53 Å². The molecule has 1 aliphatic heterocycles. The molecule has 1 fully saturated rings. The van der Waals surface area contributed by atoms with Crippen molar-refractivity contribution >= 4 is 5.91 Å². The van der Waals surface area contributed by atoms with E-state index in [9.17, 15) is 9.90 Å². The van der Waals surface area contributed by atoms with E-state index in [1.54, 1.807) is 11.8 Å². The van der Waals surface area contributed by atoms with Gasteiger partial charge < -0.3 is 14.7 Å². The zero-order valence-electron chi connectivity index (χ0n) is 9.61. The van der Waals surface area contributed by atoms with Crippen molar-refractivity contribution in [2.24, 2.45) is 5.92 Å². The van der Waals surface area contributed by atoms with Crippen LogP contribution in [0.3, 0.4) is 0 Å². The molecule has 1 aliphatic rings. The van der Waals surface area contributed by atoms with Crippen molar-refractivity contribution in [1.82, 2.24) is 4.90 Å². The van der Waals surface area contributed by atoms with Crippen molar-refractivity contribution < 1.29 is 14.6 Å². The molecule has 15 heavy (non-hydrogen) atoms. The number of rotatable bonds is 4. The van der Waals surface area contributed by atoms with E-state index in [1.165, 1.54) is 0 Å². The highest BCUT2D eigenvalue weighted by Crippen LogP contribution is 2.17. The van der Waals surface area contributed by atoms with Gasteiger partial charge in [0, 0.05) is 32.2 Å². The summed E-state index contributed by atoms with van der Waals surface area (Å²) in [7, 11) is 0. The molecule has 0 aromatic heterocycles. The van der Waals surface area contributed by atoms with Crippen LogP contribution < -0.4 is 0 Å². The molecule has 0 radical (unpaired) electrons. The Morgan fingerprint density at radius 3 is 2.60 bits per heavy atom. The molecule has 1 heterocycles. The third-order valence-electron chi connectivity index (χ3n) is 2.75. The first-order valence-corrected chi connectivity index (χ1v) is 5.69. The quantitative estimate of drug-likeness (QED) is 0.749. The first-order valence-electron chi connectivity index (χ1n) is 5.69. The number of likely N-dealkylation sites (N-methyl/N-ethyl adjacent to an activating group) is 1. The molecule has 1 saturated heterocycles. The minimum Gasteiger partial charge on any atom is -0.392 e. The van der Waals surface area contributed by atoms with Gasteiger partial charge in [0.1, 0.15) is 0 Å². The number of hydrogen-bond donors (Lipinski definition) is 1. The number of amides is 1.